The topological polar surface area (TPSA) is 37.3 Å². The molecule has 0 aromatic heterocycles. The van der Waals surface area contributed by atoms with E-state index in [0.717, 1.165) is 12.8 Å². The molecule has 0 bridgehead atoms. The molecule has 0 rings (SSSR count). The zero-order valence-corrected chi connectivity index (χ0v) is 11.7. The minimum Gasteiger partial charge on any atom is -0.385 e. The van der Waals surface area contributed by atoms with E-state index < -0.39 is 6.10 Å². The van der Waals surface area contributed by atoms with Crippen molar-refractivity contribution in [3.05, 3.63) is 0 Å². The van der Waals surface area contributed by atoms with Gasteiger partial charge in [0.2, 0.25) is 0 Å². The van der Waals surface area contributed by atoms with Crippen molar-refractivity contribution in [2.24, 2.45) is 0 Å². The molecule has 2 nitrogen and oxygen atoms in total. The van der Waals surface area contributed by atoms with Gasteiger partial charge in [-0.25, -0.2) is 0 Å². The minimum absolute atomic E-state index is 0.0236. The number of aliphatic hydroxyl groups excluding tert-OH is 1. The molecular formula is C15H30O2. The van der Waals surface area contributed by atoms with E-state index in [1.807, 2.05) is 6.92 Å². The third-order valence-corrected chi connectivity index (χ3v) is 3.29. The quantitative estimate of drug-likeness (QED) is 0.519. The Hall–Kier alpha value is -0.370. The number of carbonyl (C=O) groups excluding carboxylic acids is 1. The second-order valence-corrected chi connectivity index (χ2v) is 4.97. The molecule has 0 aliphatic rings. The molecule has 17 heavy (non-hydrogen) atoms. The number of hydrogen-bond donors (Lipinski definition) is 1. The van der Waals surface area contributed by atoms with Crippen LogP contribution in [0.15, 0.2) is 0 Å². The average molecular weight is 242 g/mol. The van der Waals surface area contributed by atoms with E-state index in [9.17, 15) is 9.90 Å². The van der Waals surface area contributed by atoms with Crippen molar-refractivity contribution in [1.29, 1.82) is 0 Å². The lowest BCUT2D eigenvalue weighted by atomic mass is 10.0. The summed E-state index contributed by atoms with van der Waals surface area (Å²) in [5, 5.41) is 9.30. The predicted molar refractivity (Wildman–Crippen MR) is 73.1 cm³/mol. The highest BCUT2D eigenvalue weighted by Gasteiger charge is 2.10. The first-order valence-electron chi connectivity index (χ1n) is 7.43. The van der Waals surface area contributed by atoms with E-state index >= 15 is 0 Å². The van der Waals surface area contributed by atoms with Crippen LogP contribution in [0.25, 0.3) is 0 Å². The summed E-state index contributed by atoms with van der Waals surface area (Å²) >= 11 is 0. The summed E-state index contributed by atoms with van der Waals surface area (Å²) in [5.41, 5.74) is 0. The highest BCUT2D eigenvalue weighted by Crippen LogP contribution is 2.11. The summed E-state index contributed by atoms with van der Waals surface area (Å²) in [4.78, 5) is 11.3. The van der Waals surface area contributed by atoms with Crippen molar-refractivity contribution >= 4 is 5.78 Å². The van der Waals surface area contributed by atoms with Gasteiger partial charge in [-0.3, -0.25) is 4.79 Å². The molecule has 0 amide bonds. The van der Waals surface area contributed by atoms with Gasteiger partial charge < -0.3 is 5.11 Å². The van der Waals surface area contributed by atoms with Gasteiger partial charge in [-0.05, 0) is 12.8 Å². The first-order chi connectivity index (χ1) is 8.22. The van der Waals surface area contributed by atoms with Crippen LogP contribution in [-0.2, 0) is 4.79 Å². The molecule has 1 N–H and O–H groups in total. The van der Waals surface area contributed by atoms with Gasteiger partial charge in [-0.2, -0.15) is 0 Å². The van der Waals surface area contributed by atoms with E-state index in [0.29, 0.717) is 12.8 Å². The summed E-state index contributed by atoms with van der Waals surface area (Å²) in [7, 11) is 0. The molecule has 0 aromatic carbocycles. The van der Waals surface area contributed by atoms with Crippen molar-refractivity contribution in [3.63, 3.8) is 0 Å². The van der Waals surface area contributed by atoms with Gasteiger partial charge in [0.15, 0.2) is 5.78 Å². The molecule has 1 atom stereocenters. The third kappa shape index (κ3) is 10.5. The molecule has 0 fully saturated rings. The second kappa shape index (κ2) is 12.1. The highest BCUT2D eigenvalue weighted by molar-refractivity contribution is 5.82. The van der Waals surface area contributed by atoms with E-state index in [-0.39, 0.29) is 5.78 Å². The Labute approximate surface area is 107 Å². The van der Waals surface area contributed by atoms with Gasteiger partial charge in [0, 0.05) is 6.42 Å². The molecule has 0 heterocycles. The van der Waals surface area contributed by atoms with Gasteiger partial charge in [0.1, 0.15) is 6.10 Å². The third-order valence-electron chi connectivity index (χ3n) is 3.29. The first-order valence-corrected chi connectivity index (χ1v) is 7.43. The number of carbonyl (C=O) groups is 1. The Morgan fingerprint density at radius 3 is 1.82 bits per heavy atom. The molecular weight excluding hydrogens is 212 g/mol. The molecule has 0 aromatic rings. The molecule has 0 spiro atoms. The number of aliphatic hydroxyl groups is 1. The Bertz CT molecular complexity index is 178. The molecule has 2 heteroatoms. The molecule has 0 saturated carbocycles. The average Bonchev–Trinajstić information content (AvgIpc) is 2.35. The molecule has 1 unspecified atom stereocenters. The smallest absolute Gasteiger partial charge is 0.161 e. The minimum atomic E-state index is -0.718. The molecule has 0 aliphatic heterocycles. The van der Waals surface area contributed by atoms with Gasteiger partial charge in [0.05, 0.1) is 0 Å². The predicted octanol–water partition coefficient (Wildman–Crippen LogP) is 4.25. The lowest BCUT2D eigenvalue weighted by molar-refractivity contribution is -0.127. The van der Waals surface area contributed by atoms with E-state index in [4.69, 9.17) is 0 Å². The van der Waals surface area contributed by atoms with Crippen molar-refractivity contribution < 1.29 is 9.90 Å². The Kier molecular flexibility index (Phi) is 11.8. The Morgan fingerprint density at radius 1 is 0.882 bits per heavy atom. The largest absolute Gasteiger partial charge is 0.385 e. The van der Waals surface area contributed by atoms with Gasteiger partial charge in [-0.1, -0.05) is 65.2 Å². The number of ketones is 1. The van der Waals surface area contributed by atoms with Crippen LogP contribution in [0.3, 0.4) is 0 Å². The molecule has 0 aliphatic carbocycles. The van der Waals surface area contributed by atoms with Crippen molar-refractivity contribution in [3.8, 4) is 0 Å². The lowest BCUT2D eigenvalue weighted by Gasteiger charge is -2.06. The zero-order valence-electron chi connectivity index (χ0n) is 11.7. The molecule has 0 radical (unpaired) electrons. The monoisotopic (exact) mass is 242 g/mol. The van der Waals surface area contributed by atoms with E-state index in [1.54, 1.807) is 0 Å². The van der Waals surface area contributed by atoms with Crippen molar-refractivity contribution in [1.82, 2.24) is 0 Å². The van der Waals surface area contributed by atoms with Crippen LogP contribution in [0.4, 0.5) is 0 Å². The Balaban J connectivity index is 3.16. The van der Waals surface area contributed by atoms with Gasteiger partial charge in [0.25, 0.3) is 0 Å². The summed E-state index contributed by atoms with van der Waals surface area (Å²) in [5.74, 6) is 0.0236. The summed E-state index contributed by atoms with van der Waals surface area (Å²) in [6, 6.07) is 0. The van der Waals surface area contributed by atoms with Gasteiger partial charge in [-0.15, -0.1) is 0 Å². The number of hydrogen-bond acceptors (Lipinski definition) is 2. The molecule has 102 valence electrons. The zero-order chi connectivity index (χ0) is 12.9. The SMILES string of the molecule is CCCCCCCCCCCC(=O)C(O)CC. The maximum absolute atomic E-state index is 11.3. The number of rotatable bonds is 12. The number of unbranched alkanes of at least 4 members (excludes halogenated alkanes) is 8. The Morgan fingerprint density at radius 2 is 1.35 bits per heavy atom. The summed E-state index contributed by atoms with van der Waals surface area (Å²) < 4.78 is 0. The van der Waals surface area contributed by atoms with Crippen LogP contribution in [0, 0.1) is 0 Å². The van der Waals surface area contributed by atoms with E-state index in [1.165, 1.54) is 44.9 Å². The maximum Gasteiger partial charge on any atom is 0.161 e. The second-order valence-electron chi connectivity index (χ2n) is 4.97. The standard InChI is InChI=1S/C15H30O2/c1-3-5-6-7-8-9-10-11-12-13-15(17)14(16)4-2/h14,16H,3-13H2,1-2H3. The van der Waals surface area contributed by atoms with Gasteiger partial charge >= 0.3 is 0 Å². The maximum atomic E-state index is 11.3. The highest BCUT2D eigenvalue weighted by atomic mass is 16.3. The van der Waals surface area contributed by atoms with Crippen LogP contribution < -0.4 is 0 Å². The van der Waals surface area contributed by atoms with Crippen LogP contribution >= 0.6 is 0 Å². The van der Waals surface area contributed by atoms with Crippen molar-refractivity contribution in [2.45, 2.75) is 90.6 Å². The first kappa shape index (κ1) is 16.6. The fourth-order valence-corrected chi connectivity index (χ4v) is 2.00. The summed E-state index contributed by atoms with van der Waals surface area (Å²) in [6.07, 6.45) is 11.8. The fourth-order valence-electron chi connectivity index (χ4n) is 2.00. The summed E-state index contributed by atoms with van der Waals surface area (Å²) in [6.45, 7) is 4.08. The molecule has 0 saturated heterocycles. The van der Waals surface area contributed by atoms with E-state index in [2.05, 4.69) is 6.92 Å². The van der Waals surface area contributed by atoms with Crippen LogP contribution in [0.1, 0.15) is 84.5 Å². The fraction of sp³-hybridized carbons (Fsp3) is 0.933. The van der Waals surface area contributed by atoms with Crippen LogP contribution in [0.2, 0.25) is 0 Å². The number of Topliss-reactive ketones (excluding diaryl/α,β-unsaturated/α-hetero) is 1. The van der Waals surface area contributed by atoms with Crippen molar-refractivity contribution in [2.75, 3.05) is 0 Å². The van der Waals surface area contributed by atoms with Crippen LogP contribution in [0.5, 0.6) is 0 Å². The van der Waals surface area contributed by atoms with Crippen LogP contribution in [-0.4, -0.2) is 17.0 Å². The lowest BCUT2D eigenvalue weighted by Crippen LogP contribution is -2.18. The normalized spacial score (nSPS) is 12.6.